The molecule has 2 aromatic rings. The highest BCUT2D eigenvalue weighted by Gasteiger charge is 2.36. The van der Waals surface area contributed by atoms with Gasteiger partial charge in [-0.2, -0.15) is 0 Å². The molecule has 2 heterocycles. The van der Waals surface area contributed by atoms with E-state index >= 15 is 0 Å². The Balaban J connectivity index is 1.36. The summed E-state index contributed by atoms with van der Waals surface area (Å²) < 4.78 is 0. The quantitative estimate of drug-likeness (QED) is 0.799. The third kappa shape index (κ3) is 3.97. The molecule has 2 aliphatic rings. The minimum Gasteiger partial charge on any atom is -0.339 e. The fourth-order valence-electron chi connectivity index (χ4n) is 4.14. The van der Waals surface area contributed by atoms with Crippen LogP contribution in [-0.4, -0.2) is 36.0 Å². The Kier molecular flexibility index (Phi) is 5.32. The van der Waals surface area contributed by atoms with Gasteiger partial charge in [0, 0.05) is 41.4 Å². The van der Waals surface area contributed by atoms with E-state index in [1.807, 2.05) is 41.9 Å². The van der Waals surface area contributed by atoms with Crippen molar-refractivity contribution in [3.05, 3.63) is 65.7 Å². The molecule has 0 spiro atoms. The van der Waals surface area contributed by atoms with Crippen LogP contribution in [0.15, 0.2) is 59.5 Å². The Hall–Kier alpha value is -1.78. The smallest absolute Gasteiger partial charge is 0.253 e. The van der Waals surface area contributed by atoms with Gasteiger partial charge in [-0.1, -0.05) is 30.3 Å². The molecule has 2 aliphatic heterocycles. The summed E-state index contributed by atoms with van der Waals surface area (Å²) in [5.74, 6) is 1.07. The lowest BCUT2D eigenvalue weighted by molar-refractivity contribution is 0.0681. The Morgan fingerprint density at radius 3 is 2.35 bits per heavy atom. The number of nitrogens with one attached hydrogen (secondary N) is 1. The highest BCUT2D eigenvalue weighted by atomic mass is 32.2. The second kappa shape index (κ2) is 7.85. The molecule has 136 valence electrons. The lowest BCUT2D eigenvalue weighted by Crippen LogP contribution is -2.48. The molecule has 2 bridgehead atoms. The number of benzene rings is 2. The van der Waals surface area contributed by atoms with Gasteiger partial charge in [0.1, 0.15) is 0 Å². The third-order valence-corrected chi connectivity index (χ3v) is 6.75. The van der Waals surface area contributed by atoms with Crippen molar-refractivity contribution in [1.82, 2.24) is 10.2 Å². The third-order valence-electron chi connectivity index (χ3n) is 5.67. The predicted molar refractivity (Wildman–Crippen MR) is 108 cm³/mol. The van der Waals surface area contributed by atoms with Gasteiger partial charge < -0.3 is 10.2 Å². The summed E-state index contributed by atoms with van der Waals surface area (Å²) in [7, 11) is 1.97. The van der Waals surface area contributed by atoms with Gasteiger partial charge in [-0.3, -0.25) is 4.79 Å². The molecule has 2 saturated heterocycles. The SMILES string of the molecule is CN(C(=O)c1ccc(CSc2ccccc2)cc1)C1CC2CCC(C1)N2. The van der Waals surface area contributed by atoms with E-state index < -0.39 is 0 Å². The van der Waals surface area contributed by atoms with E-state index in [1.165, 1.54) is 23.3 Å². The topological polar surface area (TPSA) is 32.3 Å². The maximum absolute atomic E-state index is 12.9. The summed E-state index contributed by atoms with van der Waals surface area (Å²) in [5, 5.41) is 3.65. The van der Waals surface area contributed by atoms with E-state index in [0.717, 1.165) is 24.2 Å². The van der Waals surface area contributed by atoms with Crippen LogP contribution in [0.1, 0.15) is 41.6 Å². The lowest BCUT2D eigenvalue weighted by atomic mass is 9.98. The second-order valence-corrected chi connectivity index (χ2v) is 8.53. The molecule has 0 aromatic heterocycles. The van der Waals surface area contributed by atoms with Gasteiger partial charge in [0.2, 0.25) is 0 Å². The molecule has 0 aliphatic carbocycles. The number of hydrogen-bond donors (Lipinski definition) is 1. The van der Waals surface area contributed by atoms with Crippen molar-refractivity contribution in [2.24, 2.45) is 0 Å². The van der Waals surface area contributed by atoms with Gasteiger partial charge in [-0.25, -0.2) is 0 Å². The van der Waals surface area contributed by atoms with Crippen molar-refractivity contribution < 1.29 is 4.79 Å². The van der Waals surface area contributed by atoms with E-state index in [9.17, 15) is 4.79 Å². The molecular weight excluding hydrogens is 340 g/mol. The zero-order valence-electron chi connectivity index (χ0n) is 15.2. The minimum absolute atomic E-state index is 0.151. The van der Waals surface area contributed by atoms with E-state index in [4.69, 9.17) is 0 Å². The molecule has 4 heteroatoms. The summed E-state index contributed by atoms with van der Waals surface area (Å²) in [6.07, 6.45) is 4.70. The first kappa shape index (κ1) is 17.6. The number of piperidine rings is 1. The second-order valence-electron chi connectivity index (χ2n) is 7.48. The van der Waals surface area contributed by atoms with Crippen LogP contribution in [0.4, 0.5) is 0 Å². The molecule has 2 aromatic carbocycles. The number of hydrogen-bond acceptors (Lipinski definition) is 3. The number of amides is 1. The van der Waals surface area contributed by atoms with Crippen LogP contribution in [0.2, 0.25) is 0 Å². The van der Waals surface area contributed by atoms with Crippen LogP contribution in [0.5, 0.6) is 0 Å². The molecular formula is C22H26N2OS. The largest absolute Gasteiger partial charge is 0.339 e. The maximum Gasteiger partial charge on any atom is 0.253 e. The van der Waals surface area contributed by atoms with Crippen molar-refractivity contribution in [1.29, 1.82) is 0 Å². The number of fused-ring (bicyclic) bond motifs is 2. The average molecular weight is 367 g/mol. The zero-order chi connectivity index (χ0) is 17.9. The first-order valence-corrected chi connectivity index (χ1v) is 10.5. The average Bonchev–Trinajstić information content (AvgIpc) is 3.04. The Labute approximate surface area is 160 Å². The molecule has 3 nitrogen and oxygen atoms in total. The van der Waals surface area contributed by atoms with Crippen LogP contribution in [0.3, 0.4) is 0 Å². The highest BCUT2D eigenvalue weighted by Crippen LogP contribution is 2.30. The van der Waals surface area contributed by atoms with E-state index in [2.05, 4.69) is 41.7 Å². The standard InChI is InChI=1S/C22H26N2OS/c1-24(20-13-18-11-12-19(14-20)23-18)22(25)17-9-7-16(8-10-17)15-26-21-5-3-2-4-6-21/h2-10,18-20,23H,11-15H2,1H3. The molecule has 26 heavy (non-hydrogen) atoms. The number of carbonyl (C=O) groups is 1. The molecule has 2 unspecified atom stereocenters. The van der Waals surface area contributed by atoms with Gasteiger partial charge in [0.15, 0.2) is 0 Å². The summed E-state index contributed by atoms with van der Waals surface area (Å²) in [6, 6.07) is 20.1. The van der Waals surface area contributed by atoms with Crippen LogP contribution in [-0.2, 0) is 5.75 Å². The first-order chi connectivity index (χ1) is 12.7. The van der Waals surface area contributed by atoms with Gasteiger partial charge in [0.05, 0.1) is 0 Å². The Morgan fingerprint density at radius 2 is 1.69 bits per heavy atom. The number of rotatable bonds is 5. The fraction of sp³-hybridized carbons (Fsp3) is 0.409. The van der Waals surface area contributed by atoms with Crippen LogP contribution >= 0.6 is 11.8 Å². The Bertz CT molecular complexity index is 734. The fourth-order valence-corrected chi connectivity index (χ4v) is 5.02. The molecule has 1 N–H and O–H groups in total. The van der Waals surface area contributed by atoms with E-state index in [1.54, 1.807) is 0 Å². The summed E-state index contributed by atoms with van der Waals surface area (Å²) in [4.78, 5) is 16.1. The summed E-state index contributed by atoms with van der Waals surface area (Å²) >= 11 is 1.82. The normalized spacial score (nSPS) is 24.4. The Morgan fingerprint density at radius 1 is 1.04 bits per heavy atom. The number of nitrogens with zero attached hydrogens (tertiary/aromatic N) is 1. The predicted octanol–water partition coefficient (Wildman–Crippen LogP) is 4.33. The molecule has 0 radical (unpaired) electrons. The van der Waals surface area contributed by atoms with Crippen molar-refractivity contribution in [2.75, 3.05) is 7.05 Å². The van der Waals surface area contributed by atoms with E-state index in [-0.39, 0.29) is 5.91 Å². The van der Waals surface area contributed by atoms with Crippen molar-refractivity contribution >= 4 is 17.7 Å². The monoisotopic (exact) mass is 366 g/mol. The van der Waals surface area contributed by atoms with E-state index in [0.29, 0.717) is 18.1 Å². The van der Waals surface area contributed by atoms with Crippen molar-refractivity contribution in [3.63, 3.8) is 0 Å². The van der Waals surface area contributed by atoms with Crippen molar-refractivity contribution in [2.45, 2.75) is 54.5 Å². The minimum atomic E-state index is 0.151. The van der Waals surface area contributed by atoms with Crippen molar-refractivity contribution in [3.8, 4) is 0 Å². The van der Waals surface area contributed by atoms with Gasteiger partial charge in [-0.15, -0.1) is 11.8 Å². The summed E-state index contributed by atoms with van der Waals surface area (Å²) in [5.41, 5.74) is 2.05. The van der Waals surface area contributed by atoms with Gasteiger partial charge in [-0.05, 0) is 55.5 Å². The van der Waals surface area contributed by atoms with Crippen LogP contribution in [0.25, 0.3) is 0 Å². The number of carbonyl (C=O) groups excluding carboxylic acids is 1. The van der Waals surface area contributed by atoms with Crippen LogP contribution in [0, 0.1) is 0 Å². The number of thioether (sulfide) groups is 1. The van der Waals surface area contributed by atoms with Gasteiger partial charge in [0.25, 0.3) is 5.91 Å². The van der Waals surface area contributed by atoms with Crippen LogP contribution < -0.4 is 5.32 Å². The molecule has 0 saturated carbocycles. The first-order valence-electron chi connectivity index (χ1n) is 9.49. The summed E-state index contributed by atoms with van der Waals surface area (Å²) in [6.45, 7) is 0. The maximum atomic E-state index is 12.9. The molecule has 4 rings (SSSR count). The molecule has 1 amide bonds. The van der Waals surface area contributed by atoms with Gasteiger partial charge >= 0.3 is 0 Å². The lowest BCUT2D eigenvalue weighted by Gasteiger charge is -2.35. The highest BCUT2D eigenvalue weighted by molar-refractivity contribution is 7.98. The molecule has 2 atom stereocenters. The zero-order valence-corrected chi connectivity index (χ0v) is 16.0. The molecule has 2 fully saturated rings.